The van der Waals surface area contributed by atoms with Gasteiger partial charge in [0.1, 0.15) is 5.82 Å². The third kappa shape index (κ3) is 3.83. The highest BCUT2D eigenvalue weighted by Gasteiger charge is 2.15. The van der Waals surface area contributed by atoms with Crippen molar-refractivity contribution in [2.75, 3.05) is 13.6 Å². The smallest absolute Gasteiger partial charge is 0.129 e. The highest BCUT2D eigenvalue weighted by atomic mass is 32.1. The summed E-state index contributed by atoms with van der Waals surface area (Å²) in [7, 11) is 1.89. The topological polar surface area (TPSA) is 36.4 Å². The van der Waals surface area contributed by atoms with E-state index < -0.39 is 6.10 Å². The van der Waals surface area contributed by atoms with Crippen molar-refractivity contribution in [1.29, 1.82) is 0 Å². The van der Waals surface area contributed by atoms with E-state index in [0.29, 0.717) is 18.7 Å². The monoisotopic (exact) mass is 280 g/mol. The first-order valence-electron chi connectivity index (χ1n) is 6.08. The molecule has 0 aliphatic rings. The highest BCUT2D eigenvalue weighted by molar-refractivity contribution is 7.09. The second-order valence-corrected chi connectivity index (χ2v) is 5.65. The van der Waals surface area contributed by atoms with E-state index in [2.05, 4.69) is 4.98 Å². The Kier molecular flexibility index (Phi) is 4.63. The van der Waals surface area contributed by atoms with Gasteiger partial charge in [0.15, 0.2) is 0 Å². The molecule has 19 heavy (non-hydrogen) atoms. The highest BCUT2D eigenvalue weighted by Crippen LogP contribution is 2.18. The normalized spacial score (nSPS) is 12.9. The van der Waals surface area contributed by atoms with Gasteiger partial charge in [0.25, 0.3) is 0 Å². The Bertz CT molecular complexity index is 544. The number of halogens is 1. The SMILES string of the molecule is Cc1nc(CN(C)CC(O)c2ccccc2F)cs1. The molecule has 1 heterocycles. The van der Waals surface area contributed by atoms with Crippen LogP contribution in [0.25, 0.3) is 0 Å². The molecule has 0 aliphatic carbocycles. The van der Waals surface area contributed by atoms with Crippen molar-refractivity contribution >= 4 is 11.3 Å². The molecule has 1 atom stereocenters. The fraction of sp³-hybridized carbons (Fsp3) is 0.357. The Morgan fingerprint density at radius 2 is 2.16 bits per heavy atom. The Balaban J connectivity index is 1.95. The molecule has 2 aromatic rings. The van der Waals surface area contributed by atoms with E-state index in [9.17, 15) is 9.50 Å². The molecule has 0 fully saturated rings. The minimum atomic E-state index is -0.828. The van der Waals surface area contributed by atoms with Crippen LogP contribution < -0.4 is 0 Å². The Hall–Kier alpha value is -1.30. The number of benzene rings is 1. The maximum absolute atomic E-state index is 13.5. The van der Waals surface area contributed by atoms with Gasteiger partial charge in [0.2, 0.25) is 0 Å². The van der Waals surface area contributed by atoms with Crippen LogP contribution in [0, 0.1) is 12.7 Å². The Morgan fingerprint density at radius 1 is 1.42 bits per heavy atom. The molecule has 1 N–H and O–H groups in total. The van der Waals surface area contributed by atoms with Crippen molar-refractivity contribution in [3.8, 4) is 0 Å². The summed E-state index contributed by atoms with van der Waals surface area (Å²) in [6.45, 7) is 2.98. The molecule has 102 valence electrons. The van der Waals surface area contributed by atoms with E-state index in [1.54, 1.807) is 29.5 Å². The molecule has 0 saturated carbocycles. The lowest BCUT2D eigenvalue weighted by molar-refractivity contribution is 0.120. The maximum Gasteiger partial charge on any atom is 0.129 e. The molecule has 1 aromatic carbocycles. The quantitative estimate of drug-likeness (QED) is 0.915. The fourth-order valence-corrected chi connectivity index (χ4v) is 2.56. The summed E-state index contributed by atoms with van der Waals surface area (Å²) in [6, 6.07) is 6.32. The van der Waals surface area contributed by atoms with Crippen molar-refractivity contribution in [3.05, 3.63) is 51.7 Å². The summed E-state index contributed by atoms with van der Waals surface area (Å²) in [5, 5.41) is 13.1. The van der Waals surface area contributed by atoms with Gasteiger partial charge in [-0.3, -0.25) is 4.90 Å². The van der Waals surface area contributed by atoms with Crippen molar-refractivity contribution in [3.63, 3.8) is 0 Å². The first-order chi connectivity index (χ1) is 9.06. The zero-order valence-corrected chi connectivity index (χ0v) is 11.8. The van der Waals surface area contributed by atoms with Crippen LogP contribution in [0.15, 0.2) is 29.6 Å². The lowest BCUT2D eigenvalue weighted by Gasteiger charge is -2.20. The van der Waals surface area contributed by atoms with Gasteiger partial charge in [-0.15, -0.1) is 11.3 Å². The minimum Gasteiger partial charge on any atom is -0.387 e. The number of likely N-dealkylation sites (N-methyl/N-ethyl adjacent to an activating group) is 1. The average Bonchev–Trinajstić information content (AvgIpc) is 2.74. The van der Waals surface area contributed by atoms with Gasteiger partial charge in [-0.2, -0.15) is 0 Å². The van der Waals surface area contributed by atoms with Crippen molar-refractivity contribution in [2.24, 2.45) is 0 Å². The Labute approximate surface area is 116 Å². The zero-order valence-electron chi connectivity index (χ0n) is 11.0. The van der Waals surface area contributed by atoms with Gasteiger partial charge in [0, 0.05) is 24.0 Å². The van der Waals surface area contributed by atoms with Gasteiger partial charge in [0.05, 0.1) is 16.8 Å². The summed E-state index contributed by atoms with van der Waals surface area (Å²) in [6.07, 6.45) is -0.828. The standard InChI is InChI=1S/C14H17FN2OS/c1-10-16-11(9-19-10)7-17(2)8-14(18)12-5-3-4-6-13(12)15/h3-6,9,14,18H,7-8H2,1-2H3. The number of hydrogen-bond donors (Lipinski definition) is 1. The third-order valence-electron chi connectivity index (χ3n) is 2.85. The van der Waals surface area contributed by atoms with Gasteiger partial charge in [-0.25, -0.2) is 9.37 Å². The van der Waals surface area contributed by atoms with Gasteiger partial charge >= 0.3 is 0 Å². The molecular weight excluding hydrogens is 263 g/mol. The molecule has 5 heteroatoms. The van der Waals surface area contributed by atoms with E-state index in [1.165, 1.54) is 6.07 Å². The lowest BCUT2D eigenvalue weighted by atomic mass is 10.1. The molecule has 0 aliphatic heterocycles. The van der Waals surface area contributed by atoms with E-state index in [1.807, 2.05) is 24.3 Å². The Morgan fingerprint density at radius 3 is 2.79 bits per heavy atom. The summed E-state index contributed by atoms with van der Waals surface area (Å²) < 4.78 is 13.5. The van der Waals surface area contributed by atoms with Gasteiger partial charge in [-0.1, -0.05) is 18.2 Å². The average molecular weight is 280 g/mol. The van der Waals surface area contributed by atoms with Crippen LogP contribution in [-0.4, -0.2) is 28.6 Å². The van der Waals surface area contributed by atoms with Crippen molar-refractivity contribution in [1.82, 2.24) is 9.88 Å². The molecule has 0 spiro atoms. The molecule has 1 unspecified atom stereocenters. The van der Waals surface area contributed by atoms with Gasteiger partial charge in [-0.05, 0) is 20.0 Å². The molecule has 0 amide bonds. The largest absolute Gasteiger partial charge is 0.387 e. The summed E-state index contributed by atoms with van der Waals surface area (Å²) in [4.78, 5) is 6.31. The molecule has 1 aromatic heterocycles. The number of nitrogens with zero attached hydrogens (tertiary/aromatic N) is 2. The minimum absolute atomic E-state index is 0.337. The number of aryl methyl sites for hydroxylation is 1. The van der Waals surface area contributed by atoms with Crippen LogP contribution in [0.2, 0.25) is 0 Å². The van der Waals surface area contributed by atoms with E-state index in [-0.39, 0.29) is 5.82 Å². The van der Waals surface area contributed by atoms with E-state index in [4.69, 9.17) is 0 Å². The number of aliphatic hydroxyl groups excluding tert-OH is 1. The predicted molar refractivity (Wildman–Crippen MR) is 74.5 cm³/mol. The first-order valence-corrected chi connectivity index (χ1v) is 6.96. The first kappa shape index (κ1) is 14.1. The van der Waals surface area contributed by atoms with Crippen molar-refractivity contribution < 1.29 is 9.50 Å². The van der Waals surface area contributed by atoms with Crippen LogP contribution in [0.1, 0.15) is 22.4 Å². The fourth-order valence-electron chi connectivity index (χ4n) is 1.96. The van der Waals surface area contributed by atoms with E-state index >= 15 is 0 Å². The third-order valence-corrected chi connectivity index (χ3v) is 3.67. The van der Waals surface area contributed by atoms with Crippen LogP contribution in [0.4, 0.5) is 4.39 Å². The van der Waals surface area contributed by atoms with Crippen LogP contribution >= 0.6 is 11.3 Å². The van der Waals surface area contributed by atoms with Crippen LogP contribution in [0.3, 0.4) is 0 Å². The molecule has 0 bridgehead atoms. The van der Waals surface area contributed by atoms with E-state index in [0.717, 1.165) is 10.7 Å². The summed E-state index contributed by atoms with van der Waals surface area (Å²) in [5.74, 6) is -0.368. The molecule has 3 nitrogen and oxygen atoms in total. The molecule has 0 radical (unpaired) electrons. The van der Waals surface area contributed by atoms with Crippen LogP contribution in [-0.2, 0) is 6.54 Å². The zero-order chi connectivity index (χ0) is 13.8. The second kappa shape index (κ2) is 6.23. The van der Waals surface area contributed by atoms with Crippen LogP contribution in [0.5, 0.6) is 0 Å². The van der Waals surface area contributed by atoms with Crippen molar-refractivity contribution in [2.45, 2.75) is 19.6 Å². The number of aromatic nitrogens is 1. The molecule has 0 saturated heterocycles. The predicted octanol–water partition coefficient (Wildman–Crippen LogP) is 2.76. The molecular formula is C14H17FN2OS. The number of rotatable bonds is 5. The van der Waals surface area contributed by atoms with Gasteiger partial charge < -0.3 is 5.11 Å². The summed E-state index contributed by atoms with van der Waals surface area (Å²) >= 11 is 1.60. The summed E-state index contributed by atoms with van der Waals surface area (Å²) in [5.41, 5.74) is 1.31. The second-order valence-electron chi connectivity index (χ2n) is 4.59. The lowest BCUT2D eigenvalue weighted by Crippen LogP contribution is -2.24. The number of hydrogen-bond acceptors (Lipinski definition) is 4. The maximum atomic E-state index is 13.5. The number of thiazole rings is 1. The number of aliphatic hydroxyl groups is 1. The molecule has 2 rings (SSSR count).